The summed E-state index contributed by atoms with van der Waals surface area (Å²) in [5.74, 6) is 1.57. The second kappa shape index (κ2) is 7.02. The molecule has 21 heavy (non-hydrogen) atoms. The summed E-state index contributed by atoms with van der Waals surface area (Å²) in [5.41, 5.74) is 1.37. The molecule has 0 radical (unpaired) electrons. The number of aryl methyl sites for hydroxylation is 1. The Morgan fingerprint density at radius 2 is 1.90 bits per heavy atom. The Balaban J connectivity index is 1.48. The Morgan fingerprint density at radius 1 is 1.10 bits per heavy atom. The highest BCUT2D eigenvalue weighted by molar-refractivity contribution is 5.39. The van der Waals surface area contributed by atoms with Crippen molar-refractivity contribution in [3.63, 3.8) is 0 Å². The molecule has 0 saturated carbocycles. The average Bonchev–Trinajstić information content (AvgIpc) is 3.07. The maximum atomic E-state index is 4.54. The molecule has 1 aliphatic heterocycles. The lowest BCUT2D eigenvalue weighted by Gasteiger charge is -2.14. The summed E-state index contributed by atoms with van der Waals surface area (Å²) in [7, 11) is 0. The number of aromatic nitrogens is 3. The van der Waals surface area contributed by atoms with Gasteiger partial charge in [-0.2, -0.15) is 10.1 Å². The van der Waals surface area contributed by atoms with Crippen LogP contribution in [-0.4, -0.2) is 34.8 Å². The van der Waals surface area contributed by atoms with E-state index in [9.17, 15) is 0 Å². The van der Waals surface area contributed by atoms with Crippen LogP contribution in [0.5, 0.6) is 0 Å². The minimum Gasteiger partial charge on any atom is -0.369 e. The van der Waals surface area contributed by atoms with Gasteiger partial charge in [0.1, 0.15) is 0 Å². The molecule has 3 rings (SSSR count). The molecular weight excluding hydrogens is 262 g/mol. The zero-order valence-corrected chi connectivity index (χ0v) is 12.2. The Kier molecular flexibility index (Phi) is 4.61. The Hall–Kier alpha value is -2.17. The molecule has 0 atom stereocenters. The van der Waals surface area contributed by atoms with Crippen molar-refractivity contribution in [2.24, 2.45) is 0 Å². The number of hydrogen-bond donors (Lipinski definition) is 1. The molecule has 0 spiro atoms. The van der Waals surface area contributed by atoms with Gasteiger partial charge in [0.15, 0.2) is 5.82 Å². The SMILES string of the molecule is c1ccc(CCCNc2cnnc(N3CCCC3)n2)cc1. The third-order valence-electron chi connectivity index (χ3n) is 3.73. The maximum absolute atomic E-state index is 4.54. The number of hydrogen-bond acceptors (Lipinski definition) is 5. The fourth-order valence-electron chi connectivity index (χ4n) is 2.58. The summed E-state index contributed by atoms with van der Waals surface area (Å²) in [6, 6.07) is 10.5. The monoisotopic (exact) mass is 283 g/mol. The van der Waals surface area contributed by atoms with E-state index in [1.54, 1.807) is 6.20 Å². The molecule has 1 N–H and O–H groups in total. The molecule has 1 aliphatic rings. The number of nitrogens with zero attached hydrogens (tertiary/aromatic N) is 4. The first-order valence-corrected chi connectivity index (χ1v) is 7.64. The predicted molar refractivity (Wildman–Crippen MR) is 84.5 cm³/mol. The molecule has 5 nitrogen and oxygen atoms in total. The van der Waals surface area contributed by atoms with Crippen molar-refractivity contribution in [3.05, 3.63) is 42.1 Å². The second-order valence-corrected chi connectivity index (χ2v) is 5.35. The summed E-state index contributed by atoms with van der Waals surface area (Å²) in [6.07, 6.45) is 6.29. The first-order valence-electron chi connectivity index (χ1n) is 7.64. The minimum absolute atomic E-state index is 0.751. The van der Waals surface area contributed by atoms with Crippen molar-refractivity contribution in [1.29, 1.82) is 0 Å². The third kappa shape index (κ3) is 3.90. The summed E-state index contributed by atoms with van der Waals surface area (Å²) in [6.45, 7) is 2.98. The summed E-state index contributed by atoms with van der Waals surface area (Å²) >= 11 is 0. The standard InChI is InChI=1S/C16H21N5/c1-2-7-14(8-3-1)9-6-10-17-15-13-18-20-16(19-15)21-11-4-5-12-21/h1-3,7-8,13H,4-6,9-12H2,(H,17,19,20). The van der Waals surface area contributed by atoms with Gasteiger partial charge in [0.2, 0.25) is 5.95 Å². The molecule has 0 amide bonds. The van der Waals surface area contributed by atoms with Crippen LogP contribution < -0.4 is 10.2 Å². The van der Waals surface area contributed by atoms with Crippen LogP contribution in [0.15, 0.2) is 36.5 Å². The molecule has 2 aromatic rings. The van der Waals surface area contributed by atoms with Crippen LogP contribution in [0.2, 0.25) is 0 Å². The van der Waals surface area contributed by atoms with Gasteiger partial charge in [-0.05, 0) is 31.2 Å². The van der Waals surface area contributed by atoms with Gasteiger partial charge in [0.25, 0.3) is 0 Å². The first kappa shape index (κ1) is 13.8. The lowest BCUT2D eigenvalue weighted by atomic mass is 10.1. The summed E-state index contributed by atoms with van der Waals surface area (Å²) < 4.78 is 0. The van der Waals surface area contributed by atoms with Crippen molar-refractivity contribution in [2.75, 3.05) is 29.9 Å². The van der Waals surface area contributed by atoms with E-state index in [0.29, 0.717) is 0 Å². The van der Waals surface area contributed by atoms with Gasteiger partial charge in [-0.15, -0.1) is 5.10 Å². The Bertz CT molecular complexity index is 552. The first-order chi connectivity index (χ1) is 10.4. The van der Waals surface area contributed by atoms with Crippen LogP contribution in [0, 0.1) is 0 Å². The van der Waals surface area contributed by atoms with Crippen LogP contribution in [0.1, 0.15) is 24.8 Å². The van der Waals surface area contributed by atoms with Crippen LogP contribution in [0.25, 0.3) is 0 Å². The Morgan fingerprint density at radius 3 is 2.71 bits per heavy atom. The van der Waals surface area contributed by atoms with E-state index in [-0.39, 0.29) is 0 Å². The van der Waals surface area contributed by atoms with E-state index < -0.39 is 0 Å². The van der Waals surface area contributed by atoms with Crippen molar-refractivity contribution < 1.29 is 0 Å². The van der Waals surface area contributed by atoms with Crippen molar-refractivity contribution >= 4 is 11.8 Å². The highest BCUT2D eigenvalue weighted by Gasteiger charge is 2.15. The van der Waals surface area contributed by atoms with E-state index in [4.69, 9.17) is 0 Å². The average molecular weight is 283 g/mol. The molecule has 110 valence electrons. The van der Waals surface area contributed by atoms with Crippen LogP contribution in [-0.2, 0) is 6.42 Å². The number of rotatable bonds is 6. The highest BCUT2D eigenvalue weighted by atomic mass is 15.3. The highest BCUT2D eigenvalue weighted by Crippen LogP contribution is 2.15. The van der Waals surface area contributed by atoms with Gasteiger partial charge in [-0.3, -0.25) is 0 Å². The van der Waals surface area contributed by atoms with Gasteiger partial charge in [0, 0.05) is 19.6 Å². The lowest BCUT2D eigenvalue weighted by molar-refractivity contribution is 0.831. The normalized spacial score (nSPS) is 14.4. The molecule has 1 aromatic carbocycles. The van der Waals surface area contributed by atoms with Crippen LogP contribution in [0.4, 0.5) is 11.8 Å². The zero-order chi connectivity index (χ0) is 14.3. The number of anilines is 2. The minimum atomic E-state index is 0.751. The van der Waals surface area contributed by atoms with Crippen LogP contribution in [0.3, 0.4) is 0 Å². The van der Waals surface area contributed by atoms with Gasteiger partial charge in [-0.25, -0.2) is 0 Å². The van der Waals surface area contributed by atoms with E-state index in [0.717, 1.165) is 44.2 Å². The molecule has 0 aliphatic carbocycles. The van der Waals surface area contributed by atoms with Gasteiger partial charge in [0.05, 0.1) is 6.20 Å². The molecule has 5 heteroatoms. The molecule has 0 bridgehead atoms. The lowest BCUT2D eigenvalue weighted by Crippen LogP contribution is -2.21. The molecule has 1 aromatic heterocycles. The largest absolute Gasteiger partial charge is 0.369 e. The molecule has 1 fully saturated rings. The van der Waals surface area contributed by atoms with Gasteiger partial charge >= 0.3 is 0 Å². The smallest absolute Gasteiger partial charge is 0.247 e. The van der Waals surface area contributed by atoms with E-state index in [1.165, 1.54) is 18.4 Å². The fourth-order valence-corrected chi connectivity index (χ4v) is 2.58. The van der Waals surface area contributed by atoms with E-state index in [1.807, 2.05) is 6.07 Å². The maximum Gasteiger partial charge on any atom is 0.247 e. The van der Waals surface area contributed by atoms with Gasteiger partial charge in [-0.1, -0.05) is 30.3 Å². The molecule has 2 heterocycles. The van der Waals surface area contributed by atoms with Crippen molar-refractivity contribution in [2.45, 2.75) is 25.7 Å². The van der Waals surface area contributed by atoms with Crippen LogP contribution >= 0.6 is 0 Å². The van der Waals surface area contributed by atoms with Crippen molar-refractivity contribution in [1.82, 2.24) is 15.2 Å². The number of nitrogens with one attached hydrogen (secondary N) is 1. The van der Waals surface area contributed by atoms with E-state index >= 15 is 0 Å². The second-order valence-electron chi connectivity index (χ2n) is 5.35. The quantitative estimate of drug-likeness (QED) is 0.826. The molecular formula is C16H21N5. The summed E-state index contributed by atoms with van der Waals surface area (Å²) in [5, 5.41) is 11.5. The fraction of sp³-hybridized carbons (Fsp3) is 0.438. The molecule has 1 saturated heterocycles. The topological polar surface area (TPSA) is 53.9 Å². The Labute approximate surface area is 125 Å². The third-order valence-corrected chi connectivity index (χ3v) is 3.73. The van der Waals surface area contributed by atoms with E-state index in [2.05, 4.69) is 49.7 Å². The predicted octanol–water partition coefficient (Wildman–Crippen LogP) is 2.52. The van der Waals surface area contributed by atoms with Gasteiger partial charge < -0.3 is 10.2 Å². The van der Waals surface area contributed by atoms with Crippen molar-refractivity contribution in [3.8, 4) is 0 Å². The molecule has 0 unspecified atom stereocenters. The summed E-state index contributed by atoms with van der Waals surface area (Å²) in [4.78, 5) is 6.74. The number of benzene rings is 1. The zero-order valence-electron chi connectivity index (χ0n) is 12.2.